The Hall–Kier alpha value is -2.68. The minimum atomic E-state index is -4.58. The number of esters is 1. The van der Waals surface area contributed by atoms with Crippen molar-refractivity contribution in [1.82, 2.24) is 10.3 Å². The largest absolute Gasteiger partial charge is 0.463 e. The second-order valence-electron chi connectivity index (χ2n) is 5.69. The first-order valence-corrected chi connectivity index (χ1v) is 8.99. The number of thiazole rings is 1. The number of halogens is 3. The molecular formula is C18H16F3N3O2S. The van der Waals surface area contributed by atoms with Crippen molar-refractivity contribution >= 4 is 23.1 Å². The SMILES string of the molecule is CCOC(=O)C1=C(C)NC(c2nccs2)=NC1c1ccccc1C(F)(F)F. The fraction of sp³-hybridized carbons (Fsp3) is 0.278. The van der Waals surface area contributed by atoms with Crippen LogP contribution in [0.5, 0.6) is 0 Å². The third kappa shape index (κ3) is 3.87. The molecule has 1 atom stereocenters. The predicted molar refractivity (Wildman–Crippen MR) is 95.3 cm³/mol. The number of carbonyl (C=O) groups excluding carboxylic acids is 1. The van der Waals surface area contributed by atoms with Crippen molar-refractivity contribution in [2.24, 2.45) is 4.99 Å². The zero-order chi connectivity index (χ0) is 19.6. The molecule has 0 radical (unpaired) electrons. The molecule has 9 heteroatoms. The standard InChI is InChI=1S/C18H16F3N3O2S/c1-3-26-17(25)13-10(2)23-15(16-22-8-9-27-16)24-14(13)11-6-4-5-7-12(11)18(19,20)21/h4-9,14H,3H2,1-2H3,(H,23,24). The lowest BCUT2D eigenvalue weighted by Gasteiger charge is -2.27. The van der Waals surface area contributed by atoms with Crippen LogP contribution >= 0.6 is 11.3 Å². The summed E-state index contributed by atoms with van der Waals surface area (Å²) in [5.41, 5.74) is -0.513. The Morgan fingerprint density at radius 3 is 2.70 bits per heavy atom. The molecule has 1 aromatic heterocycles. The maximum Gasteiger partial charge on any atom is 0.416 e. The Kier molecular flexibility index (Phi) is 5.31. The van der Waals surface area contributed by atoms with Gasteiger partial charge >= 0.3 is 12.1 Å². The molecule has 1 N–H and O–H groups in total. The van der Waals surface area contributed by atoms with Crippen molar-refractivity contribution < 1.29 is 22.7 Å². The van der Waals surface area contributed by atoms with Crippen molar-refractivity contribution in [3.8, 4) is 0 Å². The molecule has 2 heterocycles. The highest BCUT2D eigenvalue weighted by molar-refractivity contribution is 7.11. The molecule has 1 unspecified atom stereocenters. The fourth-order valence-corrected chi connectivity index (χ4v) is 3.40. The number of aromatic nitrogens is 1. The van der Waals surface area contributed by atoms with Crippen molar-refractivity contribution in [3.63, 3.8) is 0 Å². The molecule has 3 rings (SSSR count). The number of benzene rings is 1. The van der Waals surface area contributed by atoms with Crippen LogP contribution < -0.4 is 5.32 Å². The van der Waals surface area contributed by atoms with E-state index in [1.807, 2.05) is 0 Å². The summed E-state index contributed by atoms with van der Waals surface area (Å²) >= 11 is 1.29. The van der Waals surface area contributed by atoms with Crippen LogP contribution in [0.4, 0.5) is 13.2 Å². The first-order valence-electron chi connectivity index (χ1n) is 8.11. The molecule has 27 heavy (non-hydrogen) atoms. The van der Waals surface area contributed by atoms with Crippen molar-refractivity contribution in [3.05, 3.63) is 63.2 Å². The second-order valence-corrected chi connectivity index (χ2v) is 6.58. The smallest absolute Gasteiger partial charge is 0.416 e. The maximum absolute atomic E-state index is 13.5. The van der Waals surface area contributed by atoms with Gasteiger partial charge in [-0.15, -0.1) is 11.3 Å². The summed E-state index contributed by atoms with van der Waals surface area (Å²) in [6.45, 7) is 3.34. The molecule has 1 aromatic carbocycles. The number of amidine groups is 1. The van der Waals surface area contributed by atoms with Gasteiger partial charge in [-0.1, -0.05) is 18.2 Å². The van der Waals surface area contributed by atoms with Crippen LogP contribution in [0.3, 0.4) is 0 Å². The van der Waals surface area contributed by atoms with E-state index in [2.05, 4.69) is 15.3 Å². The lowest BCUT2D eigenvalue weighted by molar-refractivity contribution is -0.140. The van der Waals surface area contributed by atoms with Crippen LogP contribution in [-0.2, 0) is 15.7 Å². The molecule has 0 bridgehead atoms. The Balaban J connectivity index is 2.17. The van der Waals surface area contributed by atoms with Gasteiger partial charge in [-0.2, -0.15) is 13.2 Å². The molecule has 0 spiro atoms. The Bertz CT molecular complexity index is 905. The fourth-order valence-electron chi connectivity index (χ4n) is 2.82. The van der Waals surface area contributed by atoms with E-state index in [9.17, 15) is 18.0 Å². The highest BCUT2D eigenvalue weighted by Gasteiger charge is 2.39. The Morgan fingerprint density at radius 1 is 1.33 bits per heavy atom. The summed E-state index contributed by atoms with van der Waals surface area (Å²) in [5.74, 6) is -0.385. The van der Waals surface area contributed by atoms with E-state index in [0.29, 0.717) is 16.5 Å². The number of rotatable bonds is 4. The minimum absolute atomic E-state index is 0.0499. The Labute approximate surface area is 157 Å². The first kappa shape index (κ1) is 19.1. The van der Waals surface area contributed by atoms with E-state index in [0.717, 1.165) is 6.07 Å². The molecular weight excluding hydrogens is 379 g/mol. The number of alkyl halides is 3. The predicted octanol–water partition coefficient (Wildman–Crippen LogP) is 4.09. The summed E-state index contributed by atoms with van der Waals surface area (Å²) in [5, 5.41) is 5.22. The normalized spacial score (nSPS) is 17.4. The number of nitrogens with one attached hydrogen (secondary N) is 1. The van der Waals surface area contributed by atoms with Crippen LogP contribution in [0.2, 0.25) is 0 Å². The van der Waals surface area contributed by atoms with Crippen LogP contribution in [0.25, 0.3) is 0 Å². The van der Waals surface area contributed by atoms with E-state index in [1.54, 1.807) is 25.4 Å². The molecule has 1 aliphatic heterocycles. The first-order chi connectivity index (χ1) is 12.8. The van der Waals surface area contributed by atoms with Gasteiger partial charge < -0.3 is 10.1 Å². The number of hydrogen-bond donors (Lipinski definition) is 1. The van der Waals surface area contributed by atoms with E-state index in [4.69, 9.17) is 4.74 Å². The molecule has 0 aliphatic carbocycles. The Morgan fingerprint density at radius 2 is 2.07 bits per heavy atom. The number of aliphatic imine (C=N–C) groups is 1. The van der Waals surface area contributed by atoms with E-state index in [-0.39, 0.29) is 17.7 Å². The van der Waals surface area contributed by atoms with Gasteiger partial charge in [0.05, 0.1) is 17.7 Å². The molecule has 1 aliphatic rings. The lowest BCUT2D eigenvalue weighted by atomic mass is 9.92. The molecule has 5 nitrogen and oxygen atoms in total. The molecule has 0 saturated heterocycles. The van der Waals surface area contributed by atoms with E-state index < -0.39 is 23.8 Å². The third-order valence-electron chi connectivity index (χ3n) is 3.93. The second kappa shape index (κ2) is 7.51. The van der Waals surface area contributed by atoms with Gasteiger partial charge in [-0.05, 0) is 25.5 Å². The van der Waals surface area contributed by atoms with Gasteiger partial charge in [0.15, 0.2) is 10.8 Å². The van der Waals surface area contributed by atoms with Gasteiger partial charge in [0.2, 0.25) is 0 Å². The van der Waals surface area contributed by atoms with Gasteiger partial charge in [0, 0.05) is 17.3 Å². The molecule has 0 fully saturated rings. The maximum atomic E-state index is 13.5. The number of nitrogens with zero attached hydrogens (tertiary/aromatic N) is 2. The average Bonchev–Trinajstić information content (AvgIpc) is 3.15. The van der Waals surface area contributed by atoms with Gasteiger partial charge in [0.25, 0.3) is 0 Å². The summed E-state index contributed by atoms with van der Waals surface area (Å²) in [4.78, 5) is 21.0. The van der Waals surface area contributed by atoms with Crippen molar-refractivity contribution in [2.45, 2.75) is 26.1 Å². The summed E-state index contributed by atoms with van der Waals surface area (Å²) < 4.78 is 45.7. The highest BCUT2D eigenvalue weighted by Crippen LogP contribution is 2.40. The van der Waals surface area contributed by atoms with E-state index >= 15 is 0 Å². The average molecular weight is 395 g/mol. The van der Waals surface area contributed by atoms with Crippen molar-refractivity contribution in [1.29, 1.82) is 0 Å². The monoisotopic (exact) mass is 395 g/mol. The van der Waals surface area contributed by atoms with Gasteiger partial charge in [-0.3, -0.25) is 4.99 Å². The van der Waals surface area contributed by atoms with Crippen LogP contribution in [-0.4, -0.2) is 23.4 Å². The number of ether oxygens (including phenoxy) is 1. The zero-order valence-electron chi connectivity index (χ0n) is 14.5. The van der Waals surface area contributed by atoms with Crippen LogP contribution in [0.1, 0.15) is 36.0 Å². The summed E-state index contributed by atoms with van der Waals surface area (Å²) in [7, 11) is 0. The molecule has 142 valence electrons. The molecule has 0 saturated carbocycles. The summed E-state index contributed by atoms with van der Waals surface area (Å²) in [6, 6.07) is 3.95. The minimum Gasteiger partial charge on any atom is -0.463 e. The van der Waals surface area contributed by atoms with Crippen molar-refractivity contribution in [2.75, 3.05) is 6.61 Å². The topological polar surface area (TPSA) is 63.6 Å². The number of carbonyl (C=O) groups is 1. The summed E-state index contributed by atoms with van der Waals surface area (Å²) in [6.07, 6.45) is -3.01. The van der Waals surface area contributed by atoms with Gasteiger partial charge in [0.1, 0.15) is 6.04 Å². The van der Waals surface area contributed by atoms with Crippen LogP contribution in [0.15, 0.2) is 52.1 Å². The number of hydrogen-bond acceptors (Lipinski definition) is 6. The lowest BCUT2D eigenvalue weighted by Crippen LogP contribution is -2.33. The molecule has 0 amide bonds. The van der Waals surface area contributed by atoms with Crippen LogP contribution in [0, 0.1) is 0 Å². The van der Waals surface area contributed by atoms with Gasteiger partial charge in [-0.25, -0.2) is 9.78 Å². The quantitative estimate of drug-likeness (QED) is 0.792. The number of allylic oxidation sites excluding steroid dienone is 1. The van der Waals surface area contributed by atoms with E-state index in [1.165, 1.54) is 29.5 Å². The molecule has 2 aromatic rings. The zero-order valence-corrected chi connectivity index (χ0v) is 15.3. The highest BCUT2D eigenvalue weighted by atomic mass is 32.1. The third-order valence-corrected chi connectivity index (χ3v) is 4.71.